The lowest BCUT2D eigenvalue weighted by atomic mass is 9.97. The Morgan fingerprint density at radius 3 is 2.97 bits per heavy atom. The molecule has 3 aromatic rings. The van der Waals surface area contributed by atoms with Gasteiger partial charge in [-0.15, -0.1) is 11.3 Å². The van der Waals surface area contributed by atoms with Gasteiger partial charge in [0.05, 0.1) is 11.3 Å². The van der Waals surface area contributed by atoms with Crippen molar-refractivity contribution in [2.24, 2.45) is 5.92 Å². The first-order chi connectivity index (χ1) is 16.2. The van der Waals surface area contributed by atoms with E-state index < -0.39 is 0 Å². The Kier molecular flexibility index (Phi) is 6.88. The summed E-state index contributed by atoms with van der Waals surface area (Å²) in [4.78, 5) is 29.1. The van der Waals surface area contributed by atoms with E-state index in [1.807, 2.05) is 0 Å². The molecule has 1 N–H and O–H groups in total. The Morgan fingerprint density at radius 1 is 1.21 bits per heavy atom. The minimum atomic E-state index is 0.0231. The quantitative estimate of drug-likeness (QED) is 0.536. The summed E-state index contributed by atoms with van der Waals surface area (Å²) in [5, 5.41) is 4.34. The van der Waals surface area contributed by atoms with Crippen LogP contribution in [0.25, 0.3) is 10.2 Å². The Balaban J connectivity index is 1.12. The number of nitrogens with zero attached hydrogens (tertiary/aromatic N) is 4. The van der Waals surface area contributed by atoms with Crippen LogP contribution < -0.4 is 10.2 Å². The molecule has 2 aromatic heterocycles. The van der Waals surface area contributed by atoms with E-state index in [2.05, 4.69) is 62.3 Å². The maximum atomic E-state index is 12.9. The fraction of sp³-hybridized carbons (Fsp3) is 0.500. The number of anilines is 1. The van der Waals surface area contributed by atoms with Gasteiger partial charge in [0, 0.05) is 44.1 Å². The van der Waals surface area contributed by atoms with E-state index in [4.69, 9.17) is 0 Å². The van der Waals surface area contributed by atoms with Crippen LogP contribution >= 0.6 is 11.3 Å². The zero-order valence-corrected chi connectivity index (χ0v) is 20.2. The van der Waals surface area contributed by atoms with Crippen LogP contribution in [0.2, 0.25) is 0 Å². The van der Waals surface area contributed by atoms with Crippen LogP contribution in [0.3, 0.4) is 0 Å². The van der Waals surface area contributed by atoms with Gasteiger partial charge in [0.15, 0.2) is 0 Å². The number of fused-ring (bicyclic) bond motifs is 2. The first-order valence-corrected chi connectivity index (χ1v) is 13.1. The standard InChI is InChI=1S/C26H33N5OS/c1-2-22-15-23-24(28-18-29-26(23)33-22)31-13-5-9-21(17-31)25(32)27-11-6-12-30-14-10-19-7-3-4-8-20(19)16-30/h3-4,7-8,15,18,21H,2,5-6,9-14,16-17H2,1H3,(H,27,32)/t21-/m0/s1. The van der Waals surface area contributed by atoms with Crippen molar-refractivity contribution in [3.8, 4) is 0 Å². The lowest BCUT2D eigenvalue weighted by Gasteiger charge is -2.33. The van der Waals surface area contributed by atoms with Gasteiger partial charge >= 0.3 is 0 Å². The molecule has 6 nitrogen and oxygen atoms in total. The minimum Gasteiger partial charge on any atom is -0.356 e. The lowest BCUT2D eigenvalue weighted by Crippen LogP contribution is -2.44. The van der Waals surface area contributed by atoms with E-state index in [1.165, 1.54) is 16.0 Å². The Labute approximate surface area is 200 Å². The van der Waals surface area contributed by atoms with Gasteiger partial charge in [-0.3, -0.25) is 9.69 Å². The third-order valence-electron chi connectivity index (χ3n) is 6.96. The summed E-state index contributed by atoms with van der Waals surface area (Å²) in [6.45, 7) is 7.76. The van der Waals surface area contributed by atoms with Gasteiger partial charge in [-0.05, 0) is 49.3 Å². The maximum Gasteiger partial charge on any atom is 0.224 e. The van der Waals surface area contributed by atoms with E-state index in [9.17, 15) is 4.79 Å². The number of aromatic nitrogens is 2. The van der Waals surface area contributed by atoms with E-state index in [1.54, 1.807) is 17.7 Å². The molecular weight excluding hydrogens is 430 g/mol. The van der Waals surface area contributed by atoms with Crippen molar-refractivity contribution in [1.29, 1.82) is 0 Å². The fourth-order valence-electron chi connectivity index (χ4n) is 5.11. The largest absolute Gasteiger partial charge is 0.356 e. The fourth-order valence-corrected chi connectivity index (χ4v) is 6.04. The molecule has 0 aliphatic carbocycles. The number of thiophene rings is 1. The van der Waals surface area contributed by atoms with Gasteiger partial charge in [0.25, 0.3) is 0 Å². The van der Waals surface area contributed by atoms with Crippen molar-refractivity contribution >= 4 is 33.3 Å². The third kappa shape index (κ3) is 5.04. The predicted octanol–water partition coefficient (Wildman–Crippen LogP) is 4.03. The van der Waals surface area contributed by atoms with Crippen molar-refractivity contribution in [2.45, 2.75) is 45.6 Å². The first kappa shape index (κ1) is 22.3. The average molecular weight is 464 g/mol. The molecule has 2 aliphatic rings. The normalized spacial score (nSPS) is 18.9. The van der Waals surface area contributed by atoms with Crippen LogP contribution in [0.1, 0.15) is 42.2 Å². The van der Waals surface area contributed by atoms with Gasteiger partial charge in [-0.25, -0.2) is 9.97 Å². The van der Waals surface area contributed by atoms with Gasteiger partial charge in [0.2, 0.25) is 5.91 Å². The van der Waals surface area contributed by atoms with Crippen molar-refractivity contribution in [1.82, 2.24) is 20.2 Å². The van der Waals surface area contributed by atoms with Crippen LogP contribution in [0.4, 0.5) is 5.82 Å². The summed E-state index contributed by atoms with van der Waals surface area (Å²) in [7, 11) is 0. The molecule has 5 rings (SSSR count). The molecule has 1 atom stereocenters. The van der Waals surface area contributed by atoms with Crippen molar-refractivity contribution in [2.75, 3.05) is 37.6 Å². The molecule has 1 amide bonds. The van der Waals surface area contributed by atoms with Crippen molar-refractivity contribution < 1.29 is 4.79 Å². The predicted molar refractivity (Wildman–Crippen MR) is 135 cm³/mol. The van der Waals surface area contributed by atoms with E-state index in [-0.39, 0.29) is 11.8 Å². The van der Waals surface area contributed by atoms with Crippen LogP contribution in [-0.2, 0) is 24.2 Å². The van der Waals surface area contributed by atoms with E-state index in [0.717, 1.165) is 87.4 Å². The molecule has 0 bridgehead atoms. The molecule has 33 heavy (non-hydrogen) atoms. The zero-order chi connectivity index (χ0) is 22.6. The number of benzene rings is 1. The molecular formula is C26H33N5OS. The maximum absolute atomic E-state index is 12.9. The van der Waals surface area contributed by atoms with Crippen LogP contribution in [0.5, 0.6) is 0 Å². The average Bonchev–Trinajstić information content (AvgIpc) is 3.30. The van der Waals surface area contributed by atoms with Gasteiger partial charge < -0.3 is 10.2 Å². The first-order valence-electron chi connectivity index (χ1n) is 12.3. The summed E-state index contributed by atoms with van der Waals surface area (Å²) in [5.74, 6) is 1.20. The molecule has 0 unspecified atom stereocenters. The summed E-state index contributed by atoms with van der Waals surface area (Å²) < 4.78 is 0. The number of carbonyl (C=O) groups excluding carboxylic acids is 1. The molecule has 7 heteroatoms. The second-order valence-electron chi connectivity index (χ2n) is 9.21. The Morgan fingerprint density at radius 2 is 2.09 bits per heavy atom. The summed E-state index contributed by atoms with van der Waals surface area (Å²) in [6.07, 6.45) is 6.75. The number of hydrogen-bond donors (Lipinski definition) is 1. The van der Waals surface area contributed by atoms with Crippen molar-refractivity contribution in [3.63, 3.8) is 0 Å². The highest BCUT2D eigenvalue weighted by molar-refractivity contribution is 7.18. The number of amides is 1. The molecule has 2 aliphatic heterocycles. The molecule has 4 heterocycles. The van der Waals surface area contributed by atoms with Crippen LogP contribution in [0, 0.1) is 5.92 Å². The molecule has 1 saturated heterocycles. The van der Waals surface area contributed by atoms with Crippen LogP contribution in [-0.4, -0.2) is 53.5 Å². The van der Waals surface area contributed by atoms with Crippen LogP contribution in [0.15, 0.2) is 36.7 Å². The SMILES string of the molecule is CCc1cc2c(N3CCC[C@H](C(=O)NCCCN4CCc5ccccc5C4)C3)ncnc2s1. The van der Waals surface area contributed by atoms with Gasteiger partial charge in [-0.2, -0.15) is 0 Å². The third-order valence-corrected chi connectivity index (χ3v) is 8.15. The highest BCUT2D eigenvalue weighted by Crippen LogP contribution is 2.32. The molecule has 0 saturated carbocycles. The second-order valence-corrected chi connectivity index (χ2v) is 10.3. The lowest BCUT2D eigenvalue weighted by molar-refractivity contribution is -0.125. The molecule has 0 spiro atoms. The summed E-state index contributed by atoms with van der Waals surface area (Å²) in [6, 6.07) is 11.0. The highest BCUT2D eigenvalue weighted by atomic mass is 32.1. The van der Waals surface area contributed by atoms with E-state index in [0.29, 0.717) is 0 Å². The Hall–Kier alpha value is -2.51. The number of rotatable bonds is 7. The van der Waals surface area contributed by atoms with Gasteiger partial charge in [0.1, 0.15) is 17.0 Å². The summed E-state index contributed by atoms with van der Waals surface area (Å²) >= 11 is 1.74. The zero-order valence-electron chi connectivity index (χ0n) is 19.4. The number of carbonyl (C=O) groups is 1. The Bertz CT molecular complexity index is 1110. The highest BCUT2D eigenvalue weighted by Gasteiger charge is 2.27. The molecule has 174 valence electrons. The number of nitrogens with one attached hydrogen (secondary N) is 1. The van der Waals surface area contributed by atoms with E-state index >= 15 is 0 Å². The number of piperidine rings is 1. The monoisotopic (exact) mass is 463 g/mol. The number of aryl methyl sites for hydroxylation is 1. The van der Waals surface area contributed by atoms with Gasteiger partial charge in [-0.1, -0.05) is 31.2 Å². The molecule has 1 fully saturated rings. The molecule has 1 aromatic carbocycles. The second kappa shape index (κ2) is 10.2. The smallest absolute Gasteiger partial charge is 0.224 e. The minimum absolute atomic E-state index is 0.0231. The molecule has 0 radical (unpaired) electrons. The topological polar surface area (TPSA) is 61.4 Å². The summed E-state index contributed by atoms with van der Waals surface area (Å²) in [5.41, 5.74) is 2.93. The number of hydrogen-bond acceptors (Lipinski definition) is 6. The van der Waals surface area contributed by atoms with Crippen molar-refractivity contribution in [3.05, 3.63) is 52.7 Å².